The lowest BCUT2D eigenvalue weighted by atomic mass is 10.6. The summed E-state index contributed by atoms with van der Waals surface area (Å²) < 4.78 is 0. The molecule has 0 aromatic rings. The van der Waals surface area contributed by atoms with Gasteiger partial charge in [0.1, 0.15) is 0 Å². The second-order valence-corrected chi connectivity index (χ2v) is 2.98. The summed E-state index contributed by atoms with van der Waals surface area (Å²) in [7, 11) is 0. The summed E-state index contributed by atoms with van der Waals surface area (Å²) in [6.45, 7) is 0.110. The van der Waals surface area contributed by atoms with Crippen molar-refractivity contribution in [2.45, 2.75) is 18.9 Å². The number of thiocarbonyl (C=S) groups is 1. The number of carbonyl (C=O) groups is 1. The molecular weight excluding hydrogens is 162 g/mol. The highest BCUT2D eigenvalue weighted by molar-refractivity contribution is 7.80. The average Bonchev–Trinajstić information content (AvgIpc) is 2.67. The first kappa shape index (κ1) is 8.26. The molecule has 1 rings (SSSR count). The third-order valence-corrected chi connectivity index (χ3v) is 1.60. The molecule has 0 saturated heterocycles. The Morgan fingerprint density at radius 1 is 1.64 bits per heavy atom. The van der Waals surface area contributed by atoms with Crippen LogP contribution in [0.3, 0.4) is 0 Å². The summed E-state index contributed by atoms with van der Waals surface area (Å²) in [4.78, 5) is 10.3. The maximum absolute atomic E-state index is 10.3. The van der Waals surface area contributed by atoms with Gasteiger partial charge in [0.05, 0.1) is 6.54 Å². The van der Waals surface area contributed by atoms with E-state index in [2.05, 4.69) is 10.6 Å². The Labute approximate surface area is 70.5 Å². The number of rotatable bonds is 3. The van der Waals surface area contributed by atoms with Crippen LogP contribution in [-0.2, 0) is 4.79 Å². The normalized spacial score (nSPS) is 15.6. The Hall–Kier alpha value is -0.840. The molecule has 4 nitrogen and oxygen atoms in total. The van der Waals surface area contributed by atoms with E-state index in [1.165, 1.54) is 12.8 Å². The summed E-state index contributed by atoms with van der Waals surface area (Å²) in [5.41, 5.74) is 4.90. The molecule has 1 aliphatic carbocycles. The number of amides is 1. The molecule has 1 amide bonds. The van der Waals surface area contributed by atoms with Crippen molar-refractivity contribution in [3.05, 3.63) is 0 Å². The van der Waals surface area contributed by atoms with Gasteiger partial charge in [-0.2, -0.15) is 0 Å². The summed E-state index contributed by atoms with van der Waals surface area (Å²) in [6.07, 6.45) is 2.33. The van der Waals surface area contributed by atoms with E-state index in [9.17, 15) is 4.79 Å². The van der Waals surface area contributed by atoms with E-state index in [0.29, 0.717) is 11.2 Å². The van der Waals surface area contributed by atoms with E-state index < -0.39 is 5.91 Å². The maximum atomic E-state index is 10.3. The van der Waals surface area contributed by atoms with Gasteiger partial charge in [-0.25, -0.2) is 0 Å². The highest BCUT2D eigenvalue weighted by Gasteiger charge is 2.21. The molecule has 4 N–H and O–H groups in total. The van der Waals surface area contributed by atoms with Crippen LogP contribution in [0.15, 0.2) is 0 Å². The molecule has 1 aliphatic rings. The smallest absolute Gasteiger partial charge is 0.236 e. The lowest BCUT2D eigenvalue weighted by Gasteiger charge is -2.06. The van der Waals surface area contributed by atoms with Crippen LogP contribution in [0.5, 0.6) is 0 Å². The molecule has 62 valence electrons. The largest absolute Gasteiger partial charge is 0.368 e. The van der Waals surface area contributed by atoms with Gasteiger partial charge in [-0.1, -0.05) is 0 Å². The van der Waals surface area contributed by atoms with Gasteiger partial charge in [0.2, 0.25) is 5.91 Å². The standard InChI is InChI=1S/C6H11N3OS/c7-5(10)3-8-6(11)9-4-1-2-4/h4H,1-3H2,(H2,7,10)(H2,8,9,11). The number of nitrogens with one attached hydrogen (secondary N) is 2. The van der Waals surface area contributed by atoms with Crippen LogP contribution in [0, 0.1) is 0 Å². The van der Waals surface area contributed by atoms with Crippen molar-refractivity contribution in [2.75, 3.05) is 6.54 Å². The van der Waals surface area contributed by atoms with E-state index in [1.807, 2.05) is 0 Å². The molecule has 0 spiro atoms. The molecule has 0 aromatic heterocycles. The van der Waals surface area contributed by atoms with Gasteiger partial charge in [-0.15, -0.1) is 0 Å². The fourth-order valence-corrected chi connectivity index (χ4v) is 0.870. The molecule has 0 unspecified atom stereocenters. The molecular formula is C6H11N3OS. The van der Waals surface area contributed by atoms with Gasteiger partial charge in [-0.3, -0.25) is 4.79 Å². The minimum absolute atomic E-state index is 0.110. The average molecular weight is 173 g/mol. The van der Waals surface area contributed by atoms with Gasteiger partial charge in [0.15, 0.2) is 5.11 Å². The molecule has 0 aliphatic heterocycles. The second kappa shape index (κ2) is 3.52. The fraction of sp³-hybridized carbons (Fsp3) is 0.667. The van der Waals surface area contributed by atoms with Crippen LogP contribution < -0.4 is 16.4 Å². The maximum Gasteiger partial charge on any atom is 0.236 e. The number of primary amides is 1. The van der Waals surface area contributed by atoms with Crippen molar-refractivity contribution in [3.63, 3.8) is 0 Å². The zero-order valence-electron chi connectivity index (χ0n) is 6.09. The fourth-order valence-electron chi connectivity index (χ4n) is 0.631. The predicted octanol–water partition coefficient (Wildman–Crippen LogP) is -0.902. The monoisotopic (exact) mass is 173 g/mol. The minimum atomic E-state index is -0.398. The van der Waals surface area contributed by atoms with Crippen molar-refractivity contribution in [1.29, 1.82) is 0 Å². The summed E-state index contributed by atoms with van der Waals surface area (Å²) >= 11 is 4.86. The van der Waals surface area contributed by atoms with Crippen molar-refractivity contribution in [1.82, 2.24) is 10.6 Å². The summed E-state index contributed by atoms with van der Waals surface area (Å²) in [5, 5.41) is 6.24. The Morgan fingerprint density at radius 2 is 2.27 bits per heavy atom. The van der Waals surface area contributed by atoms with Crippen LogP contribution in [0.4, 0.5) is 0 Å². The van der Waals surface area contributed by atoms with Crippen LogP contribution in [0.2, 0.25) is 0 Å². The zero-order chi connectivity index (χ0) is 8.27. The van der Waals surface area contributed by atoms with E-state index in [4.69, 9.17) is 18.0 Å². The van der Waals surface area contributed by atoms with E-state index in [0.717, 1.165) is 0 Å². The minimum Gasteiger partial charge on any atom is -0.368 e. The lowest BCUT2D eigenvalue weighted by Crippen LogP contribution is -2.40. The zero-order valence-corrected chi connectivity index (χ0v) is 6.91. The Balaban J connectivity index is 2.04. The van der Waals surface area contributed by atoms with Gasteiger partial charge in [0, 0.05) is 6.04 Å². The SMILES string of the molecule is NC(=O)CNC(=S)NC1CC1. The second-order valence-electron chi connectivity index (χ2n) is 2.57. The molecule has 0 atom stereocenters. The quantitative estimate of drug-likeness (QED) is 0.484. The van der Waals surface area contributed by atoms with Crippen molar-refractivity contribution >= 4 is 23.2 Å². The van der Waals surface area contributed by atoms with Crippen LogP contribution in [0.1, 0.15) is 12.8 Å². The molecule has 0 radical (unpaired) electrons. The molecule has 0 bridgehead atoms. The molecule has 0 heterocycles. The van der Waals surface area contributed by atoms with Gasteiger partial charge in [-0.05, 0) is 25.1 Å². The van der Waals surface area contributed by atoms with E-state index >= 15 is 0 Å². The number of hydrogen-bond donors (Lipinski definition) is 3. The first-order chi connectivity index (χ1) is 5.18. The number of nitrogens with two attached hydrogens (primary N) is 1. The first-order valence-electron chi connectivity index (χ1n) is 3.51. The van der Waals surface area contributed by atoms with E-state index in [1.54, 1.807) is 0 Å². The molecule has 11 heavy (non-hydrogen) atoms. The topological polar surface area (TPSA) is 67.2 Å². The highest BCUT2D eigenvalue weighted by Crippen LogP contribution is 2.18. The van der Waals surface area contributed by atoms with Gasteiger partial charge >= 0.3 is 0 Å². The van der Waals surface area contributed by atoms with E-state index in [-0.39, 0.29) is 6.54 Å². The Kier molecular flexibility index (Phi) is 2.64. The third-order valence-electron chi connectivity index (χ3n) is 1.34. The van der Waals surface area contributed by atoms with Crippen LogP contribution in [0.25, 0.3) is 0 Å². The molecule has 1 fully saturated rings. The number of carbonyl (C=O) groups excluding carboxylic acids is 1. The summed E-state index contributed by atoms with van der Waals surface area (Å²) in [6, 6.07) is 0.517. The van der Waals surface area contributed by atoms with Crippen molar-refractivity contribution in [3.8, 4) is 0 Å². The molecule has 5 heteroatoms. The van der Waals surface area contributed by atoms with Crippen LogP contribution >= 0.6 is 12.2 Å². The number of hydrogen-bond acceptors (Lipinski definition) is 2. The van der Waals surface area contributed by atoms with Crippen molar-refractivity contribution < 1.29 is 4.79 Å². The predicted molar refractivity (Wildman–Crippen MR) is 46.0 cm³/mol. The van der Waals surface area contributed by atoms with Gasteiger partial charge < -0.3 is 16.4 Å². The Bertz CT molecular complexity index is 179. The van der Waals surface area contributed by atoms with Gasteiger partial charge in [0.25, 0.3) is 0 Å². The Morgan fingerprint density at radius 3 is 2.73 bits per heavy atom. The molecule has 1 saturated carbocycles. The highest BCUT2D eigenvalue weighted by atomic mass is 32.1. The van der Waals surface area contributed by atoms with Crippen molar-refractivity contribution in [2.24, 2.45) is 5.73 Å². The summed E-state index contributed by atoms with van der Waals surface area (Å²) in [5.74, 6) is -0.398. The third kappa shape index (κ3) is 3.77. The van der Waals surface area contributed by atoms with Crippen LogP contribution in [-0.4, -0.2) is 23.6 Å². The lowest BCUT2D eigenvalue weighted by molar-refractivity contribution is -0.116. The molecule has 0 aromatic carbocycles. The first-order valence-corrected chi connectivity index (χ1v) is 3.92.